The van der Waals surface area contributed by atoms with Gasteiger partial charge in [0.25, 0.3) is 5.91 Å². The van der Waals surface area contributed by atoms with Crippen molar-refractivity contribution < 1.29 is 18.1 Å². The first-order valence-electron chi connectivity index (χ1n) is 7.26. The van der Waals surface area contributed by atoms with Crippen molar-refractivity contribution in [3.05, 3.63) is 58.0 Å². The fourth-order valence-corrected chi connectivity index (χ4v) is 2.13. The van der Waals surface area contributed by atoms with Crippen LogP contribution in [0.3, 0.4) is 0 Å². The van der Waals surface area contributed by atoms with E-state index in [9.17, 15) is 14.0 Å². The molecule has 1 N–H and O–H groups in total. The molecule has 3 rings (SSSR count). The van der Waals surface area contributed by atoms with Gasteiger partial charge >= 0.3 is 5.63 Å². The highest BCUT2D eigenvalue weighted by molar-refractivity contribution is 6.03. The zero-order valence-corrected chi connectivity index (χ0v) is 13.3. The molecule has 0 radical (unpaired) electrons. The van der Waals surface area contributed by atoms with Crippen LogP contribution in [0.2, 0.25) is 0 Å². The molecule has 0 atom stereocenters. The Balaban J connectivity index is 1.90. The molecular weight excluding hydrogens is 315 g/mol. The summed E-state index contributed by atoms with van der Waals surface area (Å²) in [6, 6.07) is 6.65. The van der Waals surface area contributed by atoms with Gasteiger partial charge in [0.1, 0.15) is 5.82 Å². The van der Waals surface area contributed by atoms with Crippen LogP contribution in [0.5, 0.6) is 0 Å². The van der Waals surface area contributed by atoms with Gasteiger partial charge in [-0.25, -0.2) is 9.18 Å². The number of amides is 1. The number of nitrogens with one attached hydrogen (secondary N) is 1. The Morgan fingerprint density at radius 3 is 2.62 bits per heavy atom. The van der Waals surface area contributed by atoms with Crippen molar-refractivity contribution in [3.63, 3.8) is 0 Å². The first kappa shape index (κ1) is 15.9. The van der Waals surface area contributed by atoms with Gasteiger partial charge in [0.15, 0.2) is 5.76 Å². The van der Waals surface area contributed by atoms with E-state index in [0.29, 0.717) is 11.1 Å². The van der Waals surface area contributed by atoms with Crippen LogP contribution in [0.15, 0.2) is 44.1 Å². The van der Waals surface area contributed by atoms with E-state index >= 15 is 0 Å². The number of carbonyl (C=O) groups excluding carboxylic acids is 1. The summed E-state index contributed by atoms with van der Waals surface area (Å²) in [7, 11) is 0. The molecule has 1 amide bonds. The number of fused-ring (bicyclic) bond motifs is 1. The summed E-state index contributed by atoms with van der Waals surface area (Å²) in [6.07, 6.45) is 0. The molecule has 0 saturated carbocycles. The molecule has 0 unspecified atom stereocenters. The van der Waals surface area contributed by atoms with Gasteiger partial charge in [-0.05, 0) is 23.6 Å². The van der Waals surface area contributed by atoms with E-state index in [1.807, 2.05) is 20.8 Å². The quantitative estimate of drug-likeness (QED) is 0.777. The lowest BCUT2D eigenvalue weighted by molar-refractivity contribution is 0.0990. The maximum atomic E-state index is 13.2. The first-order chi connectivity index (χ1) is 11.2. The molecule has 0 spiro atoms. The number of aromatic nitrogens is 1. The summed E-state index contributed by atoms with van der Waals surface area (Å²) >= 11 is 0. The zero-order valence-electron chi connectivity index (χ0n) is 13.3. The van der Waals surface area contributed by atoms with Crippen LogP contribution in [0.1, 0.15) is 37.0 Å². The Kier molecular flexibility index (Phi) is 3.71. The van der Waals surface area contributed by atoms with Gasteiger partial charge in [-0.3, -0.25) is 10.1 Å². The monoisotopic (exact) mass is 330 g/mol. The van der Waals surface area contributed by atoms with Gasteiger partial charge in [0, 0.05) is 11.5 Å². The summed E-state index contributed by atoms with van der Waals surface area (Å²) < 4.78 is 23.2. The minimum Gasteiger partial charge on any atom is -0.417 e. The second-order valence-corrected chi connectivity index (χ2v) is 6.41. The summed E-state index contributed by atoms with van der Waals surface area (Å²) in [5, 5.41) is 6.85. The van der Waals surface area contributed by atoms with Crippen LogP contribution in [0, 0.1) is 5.82 Å². The smallest absolute Gasteiger partial charge is 0.344 e. The highest BCUT2D eigenvalue weighted by Crippen LogP contribution is 2.24. The van der Waals surface area contributed by atoms with E-state index in [-0.39, 0.29) is 22.4 Å². The minimum absolute atomic E-state index is 0.0706. The van der Waals surface area contributed by atoms with Gasteiger partial charge in [-0.15, -0.1) is 0 Å². The Bertz CT molecular complexity index is 982. The molecule has 1 aromatic carbocycles. The molecule has 6 nitrogen and oxygen atoms in total. The van der Waals surface area contributed by atoms with Crippen molar-refractivity contribution in [2.24, 2.45) is 0 Å². The lowest BCUT2D eigenvalue weighted by atomic mass is 9.92. The molecule has 0 aliphatic carbocycles. The average molecular weight is 330 g/mol. The molecule has 0 saturated heterocycles. The van der Waals surface area contributed by atoms with Crippen LogP contribution in [0.25, 0.3) is 10.8 Å². The highest BCUT2D eigenvalue weighted by Gasteiger charge is 2.21. The van der Waals surface area contributed by atoms with E-state index in [4.69, 9.17) is 8.94 Å². The molecule has 0 bridgehead atoms. The Morgan fingerprint density at radius 2 is 1.96 bits per heavy atom. The molecule has 0 aliphatic heterocycles. The van der Waals surface area contributed by atoms with E-state index in [1.165, 1.54) is 18.2 Å². The summed E-state index contributed by atoms with van der Waals surface area (Å²) in [5.41, 5.74) is -0.343. The topological polar surface area (TPSA) is 85.3 Å². The van der Waals surface area contributed by atoms with Crippen molar-refractivity contribution >= 4 is 22.6 Å². The number of anilines is 1. The molecule has 2 heterocycles. The second-order valence-electron chi connectivity index (χ2n) is 6.41. The van der Waals surface area contributed by atoms with Crippen LogP contribution < -0.4 is 10.9 Å². The highest BCUT2D eigenvalue weighted by atomic mass is 19.1. The van der Waals surface area contributed by atoms with E-state index in [0.717, 1.165) is 6.07 Å². The predicted molar refractivity (Wildman–Crippen MR) is 85.6 cm³/mol. The number of rotatable bonds is 2. The molecule has 3 aromatic rings. The third-order valence-corrected chi connectivity index (χ3v) is 3.46. The first-order valence-corrected chi connectivity index (χ1v) is 7.26. The minimum atomic E-state index is -0.787. The number of halogens is 1. The average Bonchev–Trinajstić information content (AvgIpc) is 2.96. The number of hydrogen-bond acceptors (Lipinski definition) is 5. The standard InChI is InChI=1S/C17H15FN2O4/c1-17(2,3)13-8-14(24-20-13)19-15(21)12-6-9-4-5-10(18)7-11(9)16(22)23-12/h4-8H,1-3H3,(H,19,21). The number of benzene rings is 1. The largest absolute Gasteiger partial charge is 0.417 e. The van der Waals surface area contributed by atoms with Crippen LogP contribution in [-0.4, -0.2) is 11.1 Å². The van der Waals surface area contributed by atoms with Crippen LogP contribution >= 0.6 is 0 Å². The van der Waals surface area contributed by atoms with Crippen molar-refractivity contribution in [2.45, 2.75) is 26.2 Å². The molecular formula is C17H15FN2O4. The van der Waals surface area contributed by atoms with Crippen LogP contribution in [0.4, 0.5) is 10.3 Å². The van der Waals surface area contributed by atoms with E-state index in [1.54, 1.807) is 6.07 Å². The molecule has 2 aromatic heterocycles. The molecule has 0 fully saturated rings. The van der Waals surface area contributed by atoms with E-state index in [2.05, 4.69) is 10.5 Å². The van der Waals surface area contributed by atoms with Crippen molar-refractivity contribution in [3.8, 4) is 0 Å². The van der Waals surface area contributed by atoms with Gasteiger partial charge in [-0.2, -0.15) is 0 Å². The summed E-state index contributed by atoms with van der Waals surface area (Å²) in [4.78, 5) is 24.1. The number of hydrogen-bond donors (Lipinski definition) is 1. The maximum Gasteiger partial charge on any atom is 0.344 e. The molecule has 0 aliphatic rings. The van der Waals surface area contributed by atoms with Crippen molar-refractivity contribution in [2.75, 3.05) is 5.32 Å². The maximum absolute atomic E-state index is 13.2. The van der Waals surface area contributed by atoms with Gasteiger partial charge in [0.2, 0.25) is 5.88 Å². The third kappa shape index (κ3) is 3.05. The molecule has 24 heavy (non-hydrogen) atoms. The number of carbonyl (C=O) groups is 1. The second kappa shape index (κ2) is 5.59. The predicted octanol–water partition coefficient (Wildman–Crippen LogP) is 3.47. The van der Waals surface area contributed by atoms with Gasteiger partial charge in [-0.1, -0.05) is 32.0 Å². The van der Waals surface area contributed by atoms with Gasteiger partial charge in [0.05, 0.1) is 11.1 Å². The van der Waals surface area contributed by atoms with Crippen LogP contribution in [-0.2, 0) is 5.41 Å². The normalized spacial score (nSPS) is 11.7. The summed E-state index contributed by atoms with van der Waals surface area (Å²) in [6.45, 7) is 5.87. The van der Waals surface area contributed by atoms with E-state index < -0.39 is 17.3 Å². The molecule has 124 valence electrons. The van der Waals surface area contributed by atoms with Gasteiger partial charge < -0.3 is 8.94 Å². The molecule has 7 heteroatoms. The zero-order chi connectivity index (χ0) is 17.5. The summed E-state index contributed by atoms with van der Waals surface area (Å²) in [5.74, 6) is -1.27. The Labute approximate surface area is 136 Å². The Hall–Kier alpha value is -2.96. The Morgan fingerprint density at radius 1 is 1.21 bits per heavy atom. The lowest BCUT2D eigenvalue weighted by Gasteiger charge is -2.12. The fourth-order valence-electron chi connectivity index (χ4n) is 2.13. The third-order valence-electron chi connectivity index (χ3n) is 3.46. The fraction of sp³-hybridized carbons (Fsp3) is 0.235. The lowest BCUT2D eigenvalue weighted by Crippen LogP contribution is -2.15. The number of nitrogens with zero attached hydrogens (tertiary/aromatic N) is 1. The SMILES string of the molecule is CC(C)(C)c1cc(NC(=O)c2cc3ccc(F)cc3c(=O)o2)on1. The van der Waals surface area contributed by atoms with Crippen molar-refractivity contribution in [1.82, 2.24) is 5.16 Å². The van der Waals surface area contributed by atoms with Crippen molar-refractivity contribution in [1.29, 1.82) is 0 Å².